The highest BCUT2D eigenvalue weighted by atomic mass is 16.1. The number of ketones is 1. The predicted molar refractivity (Wildman–Crippen MR) is 69.2 cm³/mol. The monoisotopic (exact) mass is 229 g/mol. The molecule has 1 heterocycles. The van der Waals surface area contributed by atoms with Gasteiger partial charge in [0.1, 0.15) is 5.69 Å². The largest absolute Gasteiger partial charge is 0.287 e. The molecule has 1 aliphatic carbocycles. The summed E-state index contributed by atoms with van der Waals surface area (Å²) in [6.07, 6.45) is 9.39. The third-order valence-electron chi connectivity index (χ3n) is 3.26. The Morgan fingerprint density at radius 1 is 1.24 bits per heavy atom. The van der Waals surface area contributed by atoms with Gasteiger partial charge in [-0.1, -0.05) is 18.6 Å². The van der Waals surface area contributed by atoms with Gasteiger partial charge in [-0.3, -0.25) is 9.78 Å². The van der Waals surface area contributed by atoms with Crippen molar-refractivity contribution in [2.45, 2.75) is 46.0 Å². The van der Waals surface area contributed by atoms with Gasteiger partial charge in [0.15, 0.2) is 0 Å². The molecule has 2 nitrogen and oxygen atoms in total. The van der Waals surface area contributed by atoms with Crippen molar-refractivity contribution in [2.24, 2.45) is 0 Å². The van der Waals surface area contributed by atoms with Gasteiger partial charge in [0, 0.05) is 6.20 Å². The molecular formula is C15H19NO. The Morgan fingerprint density at radius 3 is 2.82 bits per heavy atom. The summed E-state index contributed by atoms with van der Waals surface area (Å²) in [4.78, 5) is 16.6. The van der Waals surface area contributed by atoms with Crippen molar-refractivity contribution in [1.82, 2.24) is 4.98 Å². The molecule has 0 atom stereocenters. The first kappa shape index (κ1) is 12.0. The van der Waals surface area contributed by atoms with Crippen molar-refractivity contribution in [2.75, 3.05) is 0 Å². The number of allylic oxidation sites excluding steroid dienone is 2. The van der Waals surface area contributed by atoms with E-state index in [0.29, 0.717) is 5.69 Å². The molecule has 1 aromatic heterocycles. The number of hydrogen-bond acceptors (Lipinski definition) is 2. The minimum absolute atomic E-state index is 0.129. The highest BCUT2D eigenvalue weighted by Gasteiger charge is 2.16. The number of carbonyl (C=O) groups is 1. The first-order valence-corrected chi connectivity index (χ1v) is 6.35. The fraction of sp³-hybridized carbons (Fsp3) is 0.467. The first-order valence-electron chi connectivity index (χ1n) is 6.35. The zero-order chi connectivity index (χ0) is 12.3. The first-order chi connectivity index (χ1) is 8.18. The van der Waals surface area contributed by atoms with Crippen LogP contribution < -0.4 is 0 Å². The molecule has 0 radical (unpaired) electrons. The normalized spacial score (nSPS) is 16.2. The van der Waals surface area contributed by atoms with Crippen LogP contribution in [0.2, 0.25) is 0 Å². The van der Waals surface area contributed by atoms with E-state index in [2.05, 4.69) is 11.1 Å². The maximum Gasteiger partial charge on any atom is 0.207 e. The summed E-state index contributed by atoms with van der Waals surface area (Å²) in [6, 6.07) is 2.03. The summed E-state index contributed by atoms with van der Waals surface area (Å²) in [5.41, 5.74) is 3.68. The molecular weight excluding hydrogens is 210 g/mol. The van der Waals surface area contributed by atoms with Gasteiger partial charge in [-0.05, 0) is 56.2 Å². The summed E-state index contributed by atoms with van der Waals surface area (Å²) >= 11 is 0. The summed E-state index contributed by atoms with van der Waals surface area (Å²) in [6.45, 7) is 3.96. The topological polar surface area (TPSA) is 30.0 Å². The molecule has 17 heavy (non-hydrogen) atoms. The van der Waals surface area contributed by atoms with Gasteiger partial charge in [0.2, 0.25) is 5.78 Å². The van der Waals surface area contributed by atoms with E-state index in [9.17, 15) is 4.79 Å². The second-order valence-electron chi connectivity index (χ2n) is 4.84. The average molecular weight is 229 g/mol. The molecule has 2 heteroatoms. The maximum atomic E-state index is 12.4. The molecule has 1 aliphatic rings. The molecule has 0 saturated heterocycles. The van der Waals surface area contributed by atoms with Crippen molar-refractivity contribution in [3.05, 3.63) is 40.7 Å². The highest BCUT2D eigenvalue weighted by Crippen LogP contribution is 2.21. The third-order valence-corrected chi connectivity index (χ3v) is 3.26. The van der Waals surface area contributed by atoms with Crippen LogP contribution in [0.3, 0.4) is 0 Å². The molecule has 1 aromatic rings. The Balaban J connectivity index is 2.27. The average Bonchev–Trinajstić information content (AvgIpc) is 2.56. The molecule has 0 saturated carbocycles. The minimum atomic E-state index is 0.129. The molecule has 0 N–H and O–H groups in total. The van der Waals surface area contributed by atoms with E-state index >= 15 is 0 Å². The lowest BCUT2D eigenvalue weighted by Gasteiger charge is -2.07. The molecule has 0 amide bonds. The number of hydrogen-bond donors (Lipinski definition) is 0. The van der Waals surface area contributed by atoms with E-state index < -0.39 is 0 Å². The van der Waals surface area contributed by atoms with E-state index in [4.69, 9.17) is 0 Å². The lowest BCUT2D eigenvalue weighted by molar-refractivity contribution is 0.102. The van der Waals surface area contributed by atoms with Crippen LogP contribution in [0.15, 0.2) is 23.9 Å². The van der Waals surface area contributed by atoms with Crippen LogP contribution >= 0.6 is 0 Å². The van der Waals surface area contributed by atoms with Crippen molar-refractivity contribution in [3.63, 3.8) is 0 Å². The van der Waals surface area contributed by atoms with Crippen LogP contribution in [-0.2, 0) is 0 Å². The number of carbonyl (C=O) groups excluding carboxylic acids is 1. The molecule has 0 spiro atoms. The maximum absolute atomic E-state index is 12.4. The van der Waals surface area contributed by atoms with Gasteiger partial charge in [0.05, 0.1) is 0 Å². The lowest BCUT2D eigenvalue weighted by Crippen LogP contribution is -2.08. The van der Waals surface area contributed by atoms with Crippen LogP contribution in [0, 0.1) is 13.8 Å². The second-order valence-corrected chi connectivity index (χ2v) is 4.84. The Labute approximate surface area is 103 Å². The van der Waals surface area contributed by atoms with Gasteiger partial charge in [0.25, 0.3) is 0 Å². The van der Waals surface area contributed by atoms with E-state index in [1.54, 1.807) is 6.20 Å². The third kappa shape index (κ3) is 2.82. The summed E-state index contributed by atoms with van der Waals surface area (Å²) in [5, 5.41) is 0. The summed E-state index contributed by atoms with van der Waals surface area (Å²) in [7, 11) is 0. The van der Waals surface area contributed by atoms with Crippen molar-refractivity contribution in [3.8, 4) is 0 Å². The summed E-state index contributed by atoms with van der Waals surface area (Å²) < 4.78 is 0. The van der Waals surface area contributed by atoms with Crippen LogP contribution in [0.25, 0.3) is 0 Å². The number of Topliss-reactive ketones (excluding diaryl/α,β-unsaturated/α-hetero) is 1. The van der Waals surface area contributed by atoms with Crippen molar-refractivity contribution in [1.29, 1.82) is 0 Å². The Morgan fingerprint density at radius 2 is 2.06 bits per heavy atom. The number of aryl methyl sites for hydroxylation is 2. The van der Waals surface area contributed by atoms with Crippen LogP contribution in [0.4, 0.5) is 0 Å². The standard InChI is InChI=1S/C15H19NO/c1-11-9-12(2)14(16-10-11)15(17)13-7-5-3-4-6-8-13/h7,9-10H,3-6,8H2,1-2H3. The quantitative estimate of drug-likeness (QED) is 0.722. The fourth-order valence-corrected chi connectivity index (χ4v) is 2.33. The van der Waals surface area contributed by atoms with E-state index in [1.807, 2.05) is 19.9 Å². The molecule has 0 fully saturated rings. The van der Waals surface area contributed by atoms with Crippen LogP contribution in [-0.4, -0.2) is 10.8 Å². The number of nitrogens with zero attached hydrogens (tertiary/aromatic N) is 1. The number of pyridine rings is 1. The number of rotatable bonds is 2. The lowest BCUT2D eigenvalue weighted by atomic mass is 10.00. The fourth-order valence-electron chi connectivity index (χ4n) is 2.33. The smallest absolute Gasteiger partial charge is 0.207 e. The summed E-state index contributed by atoms with van der Waals surface area (Å²) in [5.74, 6) is 0.129. The van der Waals surface area contributed by atoms with Gasteiger partial charge in [-0.15, -0.1) is 0 Å². The van der Waals surface area contributed by atoms with Crippen molar-refractivity contribution < 1.29 is 4.79 Å². The van der Waals surface area contributed by atoms with E-state index in [0.717, 1.165) is 36.0 Å². The molecule has 0 aliphatic heterocycles. The minimum Gasteiger partial charge on any atom is -0.287 e. The predicted octanol–water partition coefficient (Wildman–Crippen LogP) is 3.77. The Hall–Kier alpha value is -1.44. The molecule has 0 aromatic carbocycles. The van der Waals surface area contributed by atoms with E-state index in [1.165, 1.54) is 12.8 Å². The SMILES string of the molecule is Cc1cnc(C(=O)C2=CCCCCC2)c(C)c1. The number of aromatic nitrogens is 1. The Bertz CT molecular complexity index is 460. The molecule has 90 valence electrons. The van der Waals surface area contributed by atoms with E-state index in [-0.39, 0.29) is 5.78 Å². The van der Waals surface area contributed by atoms with Crippen LogP contribution in [0.1, 0.15) is 53.7 Å². The zero-order valence-electron chi connectivity index (χ0n) is 10.6. The van der Waals surface area contributed by atoms with Gasteiger partial charge in [-0.25, -0.2) is 0 Å². The molecule has 0 unspecified atom stereocenters. The second kappa shape index (κ2) is 5.26. The van der Waals surface area contributed by atoms with Gasteiger partial charge in [-0.2, -0.15) is 0 Å². The zero-order valence-corrected chi connectivity index (χ0v) is 10.6. The van der Waals surface area contributed by atoms with Gasteiger partial charge < -0.3 is 0 Å². The molecule has 2 rings (SSSR count). The van der Waals surface area contributed by atoms with Crippen LogP contribution in [0.5, 0.6) is 0 Å². The Kier molecular flexibility index (Phi) is 3.72. The highest BCUT2D eigenvalue weighted by molar-refractivity contribution is 6.08. The van der Waals surface area contributed by atoms with Crippen molar-refractivity contribution >= 4 is 5.78 Å². The van der Waals surface area contributed by atoms with Gasteiger partial charge >= 0.3 is 0 Å². The molecule has 0 bridgehead atoms.